The third kappa shape index (κ3) is 3.61. The summed E-state index contributed by atoms with van der Waals surface area (Å²) in [6, 6.07) is 0.158. The first-order valence-corrected chi connectivity index (χ1v) is 9.27. The van der Waals surface area contributed by atoms with E-state index in [0.717, 1.165) is 37.9 Å². The minimum absolute atomic E-state index is 0.158. The molecule has 1 fully saturated rings. The number of sulfone groups is 1. The van der Waals surface area contributed by atoms with Crippen LogP contribution in [0.5, 0.6) is 0 Å². The van der Waals surface area contributed by atoms with E-state index in [4.69, 9.17) is 0 Å². The number of nitrogens with zero attached hydrogens (tertiary/aromatic N) is 2. The maximum atomic E-state index is 11.8. The predicted molar refractivity (Wildman–Crippen MR) is 80.2 cm³/mol. The van der Waals surface area contributed by atoms with Crippen molar-refractivity contribution < 1.29 is 8.42 Å². The molecule has 1 aromatic heterocycles. The van der Waals surface area contributed by atoms with E-state index in [2.05, 4.69) is 17.2 Å². The molecule has 1 heterocycles. The molecule has 1 saturated carbocycles. The summed E-state index contributed by atoms with van der Waals surface area (Å²) in [6.07, 6.45) is 8.79. The van der Waals surface area contributed by atoms with Gasteiger partial charge in [-0.1, -0.05) is 13.3 Å². The molecule has 6 heteroatoms. The van der Waals surface area contributed by atoms with Gasteiger partial charge in [0.2, 0.25) is 0 Å². The number of nitrogens with one attached hydrogen (secondary N) is 1. The van der Waals surface area contributed by atoms with E-state index in [0.29, 0.717) is 5.92 Å². The van der Waals surface area contributed by atoms with Crippen molar-refractivity contribution in [3.8, 4) is 0 Å². The minimum atomic E-state index is -2.94. The van der Waals surface area contributed by atoms with Gasteiger partial charge >= 0.3 is 0 Å². The summed E-state index contributed by atoms with van der Waals surface area (Å²) >= 11 is 0. The molecule has 20 heavy (non-hydrogen) atoms. The van der Waals surface area contributed by atoms with Crippen LogP contribution in [0.25, 0.3) is 0 Å². The molecule has 1 N–H and O–H groups in total. The van der Waals surface area contributed by atoms with Crippen LogP contribution in [0.2, 0.25) is 0 Å². The highest BCUT2D eigenvalue weighted by atomic mass is 32.2. The number of hydrogen-bond donors (Lipinski definition) is 1. The number of aromatic nitrogens is 2. The monoisotopic (exact) mass is 299 g/mol. The molecule has 1 aromatic rings. The standard InChI is InChI=1S/C14H25N3O2S/c1-4-15-14(13-9-17(2)10-16-13)11-6-5-7-12(8-11)20(3,18)19/h9-12,14-15H,4-8H2,1-3H3. The third-order valence-electron chi connectivity index (χ3n) is 4.21. The molecular formula is C14H25N3O2S. The lowest BCUT2D eigenvalue weighted by molar-refractivity contribution is 0.272. The first-order valence-electron chi connectivity index (χ1n) is 7.32. The van der Waals surface area contributed by atoms with Crippen molar-refractivity contribution in [1.29, 1.82) is 0 Å². The Morgan fingerprint density at radius 2 is 2.25 bits per heavy atom. The van der Waals surface area contributed by atoms with E-state index >= 15 is 0 Å². The van der Waals surface area contributed by atoms with Crippen LogP contribution in [0, 0.1) is 5.92 Å². The summed E-state index contributed by atoms with van der Waals surface area (Å²) in [4.78, 5) is 4.45. The molecule has 114 valence electrons. The summed E-state index contributed by atoms with van der Waals surface area (Å²) < 4.78 is 25.6. The second-order valence-electron chi connectivity index (χ2n) is 5.88. The predicted octanol–water partition coefficient (Wildman–Crippen LogP) is 1.67. The van der Waals surface area contributed by atoms with Crippen LogP contribution in [0.15, 0.2) is 12.5 Å². The maximum Gasteiger partial charge on any atom is 0.150 e. The lowest BCUT2D eigenvalue weighted by atomic mass is 9.82. The Morgan fingerprint density at radius 3 is 2.80 bits per heavy atom. The molecule has 0 amide bonds. The van der Waals surface area contributed by atoms with Gasteiger partial charge in [0, 0.05) is 19.5 Å². The molecule has 5 nitrogen and oxygen atoms in total. The highest BCUT2D eigenvalue weighted by Gasteiger charge is 2.34. The highest BCUT2D eigenvalue weighted by Crippen LogP contribution is 2.36. The Labute approximate surface area is 121 Å². The van der Waals surface area contributed by atoms with Crippen LogP contribution >= 0.6 is 0 Å². The van der Waals surface area contributed by atoms with Crippen molar-refractivity contribution >= 4 is 9.84 Å². The SMILES string of the molecule is CCNC(c1cn(C)cn1)C1CCCC(S(C)(=O)=O)C1. The summed E-state index contributed by atoms with van der Waals surface area (Å²) in [7, 11) is -0.980. The topological polar surface area (TPSA) is 64.0 Å². The zero-order valence-electron chi connectivity index (χ0n) is 12.5. The minimum Gasteiger partial charge on any atom is -0.340 e. The lowest BCUT2D eigenvalue weighted by Crippen LogP contribution is -2.35. The van der Waals surface area contributed by atoms with E-state index in [1.165, 1.54) is 6.26 Å². The van der Waals surface area contributed by atoms with Crippen LogP contribution in [-0.4, -0.2) is 36.0 Å². The van der Waals surface area contributed by atoms with Gasteiger partial charge in [-0.05, 0) is 31.7 Å². The van der Waals surface area contributed by atoms with E-state index in [1.807, 2.05) is 17.8 Å². The molecule has 1 aliphatic carbocycles. The summed E-state index contributed by atoms with van der Waals surface area (Å²) in [5, 5.41) is 3.29. The average molecular weight is 299 g/mol. The van der Waals surface area contributed by atoms with E-state index in [9.17, 15) is 8.42 Å². The van der Waals surface area contributed by atoms with Crippen LogP contribution in [-0.2, 0) is 16.9 Å². The van der Waals surface area contributed by atoms with Gasteiger partial charge in [-0.2, -0.15) is 0 Å². The smallest absolute Gasteiger partial charge is 0.150 e. The van der Waals surface area contributed by atoms with Crippen LogP contribution in [0.4, 0.5) is 0 Å². The van der Waals surface area contributed by atoms with E-state index in [1.54, 1.807) is 6.33 Å². The fraction of sp³-hybridized carbons (Fsp3) is 0.786. The van der Waals surface area contributed by atoms with Gasteiger partial charge in [0.25, 0.3) is 0 Å². The first kappa shape index (κ1) is 15.5. The van der Waals surface area contributed by atoms with Crippen molar-refractivity contribution in [3.63, 3.8) is 0 Å². The van der Waals surface area contributed by atoms with Gasteiger partial charge < -0.3 is 9.88 Å². The van der Waals surface area contributed by atoms with Gasteiger partial charge in [0.05, 0.1) is 23.3 Å². The van der Waals surface area contributed by atoms with Crippen LogP contribution in [0.3, 0.4) is 0 Å². The first-order chi connectivity index (χ1) is 9.41. The van der Waals surface area contributed by atoms with Crippen molar-refractivity contribution in [1.82, 2.24) is 14.9 Å². The number of aryl methyl sites for hydroxylation is 1. The van der Waals surface area contributed by atoms with Crippen LogP contribution < -0.4 is 5.32 Å². The van der Waals surface area contributed by atoms with Gasteiger partial charge in [0.15, 0.2) is 0 Å². The van der Waals surface area contributed by atoms with Crippen molar-refractivity contribution in [2.45, 2.75) is 43.9 Å². The summed E-state index contributed by atoms with van der Waals surface area (Å²) in [5.41, 5.74) is 1.02. The maximum absolute atomic E-state index is 11.8. The van der Waals surface area contributed by atoms with Crippen molar-refractivity contribution in [2.75, 3.05) is 12.8 Å². The van der Waals surface area contributed by atoms with Gasteiger partial charge in [0.1, 0.15) is 9.84 Å². The molecule has 1 aliphatic rings. The molecule has 0 radical (unpaired) electrons. The fourth-order valence-electron chi connectivity index (χ4n) is 3.20. The molecule has 0 saturated heterocycles. The quantitative estimate of drug-likeness (QED) is 0.898. The second-order valence-corrected chi connectivity index (χ2v) is 8.20. The number of hydrogen-bond acceptors (Lipinski definition) is 4. The normalized spacial score (nSPS) is 25.6. The molecule has 3 atom stereocenters. The van der Waals surface area contributed by atoms with E-state index in [-0.39, 0.29) is 11.3 Å². The summed E-state index contributed by atoms with van der Waals surface area (Å²) in [5.74, 6) is 0.346. The number of rotatable bonds is 5. The molecular weight excluding hydrogens is 274 g/mol. The molecule has 3 unspecified atom stereocenters. The molecule has 0 aliphatic heterocycles. The average Bonchev–Trinajstić information content (AvgIpc) is 2.81. The second kappa shape index (κ2) is 6.26. The highest BCUT2D eigenvalue weighted by molar-refractivity contribution is 7.91. The van der Waals surface area contributed by atoms with Crippen LogP contribution in [0.1, 0.15) is 44.3 Å². The van der Waals surface area contributed by atoms with Gasteiger partial charge in [-0.3, -0.25) is 0 Å². The van der Waals surface area contributed by atoms with Gasteiger partial charge in [-0.15, -0.1) is 0 Å². The zero-order valence-corrected chi connectivity index (χ0v) is 13.4. The molecule has 0 spiro atoms. The van der Waals surface area contributed by atoms with Gasteiger partial charge in [-0.25, -0.2) is 13.4 Å². The van der Waals surface area contributed by atoms with Crippen molar-refractivity contribution in [3.05, 3.63) is 18.2 Å². The zero-order chi connectivity index (χ0) is 14.8. The molecule has 0 aromatic carbocycles. The Kier molecular flexibility index (Phi) is 4.86. The largest absolute Gasteiger partial charge is 0.340 e. The Bertz CT molecular complexity index is 538. The molecule has 2 rings (SSSR count). The third-order valence-corrected chi connectivity index (χ3v) is 5.85. The Hall–Kier alpha value is -0.880. The fourth-order valence-corrected chi connectivity index (χ4v) is 4.39. The van der Waals surface area contributed by atoms with E-state index < -0.39 is 9.84 Å². The Morgan fingerprint density at radius 1 is 1.50 bits per heavy atom. The summed E-state index contributed by atoms with van der Waals surface area (Å²) in [6.45, 7) is 2.94. The lowest BCUT2D eigenvalue weighted by Gasteiger charge is -2.33. The number of imidazole rings is 1. The van der Waals surface area contributed by atoms with Crippen molar-refractivity contribution in [2.24, 2.45) is 13.0 Å². The Balaban J connectivity index is 2.17. The molecule has 0 bridgehead atoms.